The third kappa shape index (κ3) is 2.86. The molecule has 0 unspecified atom stereocenters. The van der Waals surface area contributed by atoms with Gasteiger partial charge in [0.1, 0.15) is 11.6 Å². The minimum Gasteiger partial charge on any atom is -0.478 e. The fraction of sp³-hybridized carbons (Fsp3) is 0.182. The standard InChI is InChI=1S/C11H10FN3O2S/c1-6-13-11(15-14-6)18-5-7-2-3-9(12)8(4-7)10(16)17/h2-4H,5H2,1H3,(H,16,17)(H,13,14,15). The molecule has 0 radical (unpaired) electrons. The molecule has 0 amide bonds. The Morgan fingerprint density at radius 1 is 1.56 bits per heavy atom. The van der Waals surface area contributed by atoms with Crippen molar-refractivity contribution in [3.05, 3.63) is 41.0 Å². The van der Waals surface area contributed by atoms with Crippen LogP contribution in [-0.4, -0.2) is 26.3 Å². The summed E-state index contributed by atoms with van der Waals surface area (Å²) in [6.45, 7) is 1.79. The summed E-state index contributed by atoms with van der Waals surface area (Å²) in [5.41, 5.74) is 0.389. The zero-order valence-electron chi connectivity index (χ0n) is 9.48. The Bertz CT molecular complexity index is 585. The van der Waals surface area contributed by atoms with Gasteiger partial charge in [-0.1, -0.05) is 17.8 Å². The number of nitrogens with one attached hydrogen (secondary N) is 1. The zero-order chi connectivity index (χ0) is 13.1. The van der Waals surface area contributed by atoms with Crippen LogP contribution in [0.25, 0.3) is 0 Å². The second-order valence-corrected chi connectivity index (χ2v) is 4.55. The molecule has 0 saturated heterocycles. The molecule has 0 fully saturated rings. The van der Waals surface area contributed by atoms with E-state index in [4.69, 9.17) is 5.11 Å². The van der Waals surface area contributed by atoms with Crippen LogP contribution in [0.2, 0.25) is 0 Å². The van der Waals surface area contributed by atoms with Crippen LogP contribution in [0.1, 0.15) is 21.7 Å². The predicted octanol–water partition coefficient (Wildman–Crippen LogP) is 2.24. The van der Waals surface area contributed by atoms with Gasteiger partial charge in [0.25, 0.3) is 0 Å². The number of carbonyl (C=O) groups is 1. The van der Waals surface area contributed by atoms with Gasteiger partial charge in [-0.2, -0.15) is 0 Å². The Kier molecular flexibility index (Phi) is 3.61. The smallest absolute Gasteiger partial charge is 0.338 e. The number of hydrogen-bond donors (Lipinski definition) is 2. The van der Waals surface area contributed by atoms with E-state index in [-0.39, 0.29) is 5.56 Å². The van der Waals surface area contributed by atoms with E-state index in [1.54, 1.807) is 13.0 Å². The first-order valence-electron chi connectivity index (χ1n) is 5.10. The molecule has 2 N–H and O–H groups in total. The molecule has 0 saturated carbocycles. The number of thioether (sulfide) groups is 1. The quantitative estimate of drug-likeness (QED) is 0.830. The largest absolute Gasteiger partial charge is 0.478 e. The Labute approximate surface area is 106 Å². The Balaban J connectivity index is 2.10. The normalized spacial score (nSPS) is 10.6. The second-order valence-electron chi connectivity index (χ2n) is 3.61. The summed E-state index contributed by atoms with van der Waals surface area (Å²) in [5.74, 6) is -0.807. The second kappa shape index (κ2) is 5.18. The minimum atomic E-state index is -1.27. The van der Waals surface area contributed by atoms with Gasteiger partial charge in [0.05, 0.1) is 5.56 Å². The number of aromatic nitrogens is 3. The molecule has 2 aromatic rings. The molecule has 0 atom stereocenters. The van der Waals surface area contributed by atoms with Crippen molar-refractivity contribution in [2.75, 3.05) is 0 Å². The van der Waals surface area contributed by atoms with Crippen molar-refractivity contribution in [2.24, 2.45) is 0 Å². The maximum absolute atomic E-state index is 13.2. The van der Waals surface area contributed by atoms with Crippen LogP contribution in [0.4, 0.5) is 4.39 Å². The molecule has 0 aliphatic heterocycles. The fourth-order valence-electron chi connectivity index (χ4n) is 1.36. The summed E-state index contributed by atoms with van der Waals surface area (Å²) < 4.78 is 13.2. The molecular formula is C11H10FN3O2S. The van der Waals surface area contributed by atoms with Crippen molar-refractivity contribution in [2.45, 2.75) is 17.8 Å². The molecule has 94 valence electrons. The SMILES string of the molecule is Cc1nc(SCc2ccc(F)c(C(=O)O)c2)n[nH]1. The first kappa shape index (κ1) is 12.6. The number of carboxylic acids is 1. The minimum absolute atomic E-state index is 0.320. The van der Waals surface area contributed by atoms with Crippen molar-refractivity contribution in [1.82, 2.24) is 15.2 Å². The molecule has 0 bridgehead atoms. The highest BCUT2D eigenvalue weighted by atomic mass is 32.2. The molecule has 1 aromatic heterocycles. The monoisotopic (exact) mass is 267 g/mol. The van der Waals surface area contributed by atoms with E-state index < -0.39 is 11.8 Å². The highest BCUT2D eigenvalue weighted by Gasteiger charge is 2.11. The average molecular weight is 267 g/mol. The number of aryl methyl sites for hydroxylation is 1. The van der Waals surface area contributed by atoms with Crippen LogP contribution in [0.15, 0.2) is 23.4 Å². The van der Waals surface area contributed by atoms with Crippen molar-refractivity contribution in [3.8, 4) is 0 Å². The Morgan fingerprint density at radius 2 is 2.33 bits per heavy atom. The lowest BCUT2D eigenvalue weighted by molar-refractivity contribution is 0.0692. The van der Waals surface area contributed by atoms with Crippen LogP contribution in [0.5, 0.6) is 0 Å². The lowest BCUT2D eigenvalue weighted by Gasteiger charge is -2.02. The van der Waals surface area contributed by atoms with Crippen molar-refractivity contribution in [3.63, 3.8) is 0 Å². The lowest BCUT2D eigenvalue weighted by atomic mass is 10.1. The van der Waals surface area contributed by atoms with Gasteiger partial charge in [-0.25, -0.2) is 14.2 Å². The van der Waals surface area contributed by atoms with Gasteiger partial charge >= 0.3 is 5.97 Å². The maximum atomic E-state index is 13.2. The average Bonchev–Trinajstić information content (AvgIpc) is 2.74. The van der Waals surface area contributed by atoms with Crippen molar-refractivity contribution in [1.29, 1.82) is 0 Å². The first-order valence-corrected chi connectivity index (χ1v) is 6.08. The molecule has 0 spiro atoms. The Hall–Kier alpha value is -1.89. The summed E-state index contributed by atoms with van der Waals surface area (Å²) in [5, 5.41) is 16.0. The third-order valence-electron chi connectivity index (χ3n) is 2.21. The van der Waals surface area contributed by atoms with Crippen LogP contribution in [0.3, 0.4) is 0 Å². The number of H-pyrrole nitrogens is 1. The summed E-state index contributed by atoms with van der Waals surface area (Å²) in [6, 6.07) is 4.03. The van der Waals surface area contributed by atoms with Gasteiger partial charge in [-0.05, 0) is 24.6 Å². The van der Waals surface area contributed by atoms with Gasteiger partial charge in [-0.15, -0.1) is 5.10 Å². The number of aromatic carboxylic acids is 1. The van der Waals surface area contributed by atoms with Crippen molar-refractivity contribution < 1.29 is 14.3 Å². The Morgan fingerprint density at radius 3 is 2.94 bits per heavy atom. The molecule has 5 nitrogen and oxygen atoms in total. The van der Waals surface area contributed by atoms with E-state index >= 15 is 0 Å². The molecule has 1 heterocycles. The molecule has 0 aliphatic carbocycles. The van der Waals surface area contributed by atoms with E-state index in [0.717, 1.165) is 6.07 Å². The molecule has 0 aliphatic rings. The van der Waals surface area contributed by atoms with Gasteiger partial charge < -0.3 is 5.11 Å². The molecular weight excluding hydrogens is 257 g/mol. The van der Waals surface area contributed by atoms with Gasteiger partial charge in [0.15, 0.2) is 0 Å². The molecule has 18 heavy (non-hydrogen) atoms. The van der Waals surface area contributed by atoms with Crippen molar-refractivity contribution >= 4 is 17.7 Å². The van der Waals surface area contributed by atoms with E-state index in [2.05, 4.69) is 15.2 Å². The summed E-state index contributed by atoms with van der Waals surface area (Å²) in [7, 11) is 0. The van der Waals surface area contributed by atoms with Gasteiger partial charge in [0, 0.05) is 5.75 Å². The van der Waals surface area contributed by atoms with E-state index in [1.165, 1.54) is 17.8 Å². The van der Waals surface area contributed by atoms with Gasteiger partial charge in [0.2, 0.25) is 5.16 Å². The highest BCUT2D eigenvalue weighted by molar-refractivity contribution is 7.98. The van der Waals surface area contributed by atoms with E-state index in [0.29, 0.717) is 22.3 Å². The third-order valence-corrected chi connectivity index (χ3v) is 3.12. The number of halogens is 1. The molecule has 1 aromatic carbocycles. The summed E-state index contributed by atoms with van der Waals surface area (Å²) >= 11 is 1.35. The highest BCUT2D eigenvalue weighted by Crippen LogP contribution is 2.20. The van der Waals surface area contributed by atoms with E-state index in [9.17, 15) is 9.18 Å². The zero-order valence-corrected chi connectivity index (χ0v) is 10.3. The molecule has 7 heteroatoms. The fourth-order valence-corrected chi connectivity index (χ4v) is 2.15. The number of carboxylic acid groups (broad SMARTS) is 1. The van der Waals surface area contributed by atoms with Crippen LogP contribution in [-0.2, 0) is 5.75 Å². The predicted molar refractivity (Wildman–Crippen MR) is 64.0 cm³/mol. The summed E-state index contributed by atoms with van der Waals surface area (Å²) in [4.78, 5) is 14.9. The van der Waals surface area contributed by atoms with Crippen LogP contribution >= 0.6 is 11.8 Å². The number of hydrogen-bond acceptors (Lipinski definition) is 4. The topological polar surface area (TPSA) is 78.9 Å². The number of nitrogens with zero attached hydrogens (tertiary/aromatic N) is 2. The molecule has 2 rings (SSSR count). The van der Waals surface area contributed by atoms with Crippen LogP contribution < -0.4 is 0 Å². The van der Waals surface area contributed by atoms with Crippen LogP contribution in [0, 0.1) is 12.7 Å². The van der Waals surface area contributed by atoms with E-state index in [1.807, 2.05) is 0 Å². The number of rotatable bonds is 4. The maximum Gasteiger partial charge on any atom is 0.338 e. The summed E-state index contributed by atoms with van der Waals surface area (Å²) in [6.07, 6.45) is 0. The number of benzene rings is 1. The lowest BCUT2D eigenvalue weighted by Crippen LogP contribution is -2.01. The number of aromatic amines is 1. The first-order chi connectivity index (χ1) is 8.56. The van der Waals surface area contributed by atoms with Gasteiger partial charge in [-0.3, -0.25) is 5.10 Å².